The van der Waals surface area contributed by atoms with E-state index >= 15 is 0 Å². The molecule has 0 aliphatic rings. The van der Waals surface area contributed by atoms with E-state index in [0.717, 1.165) is 10.2 Å². The van der Waals surface area contributed by atoms with Crippen LogP contribution in [0.2, 0.25) is 0 Å². The Morgan fingerprint density at radius 3 is 2.50 bits per heavy atom. The molecular weight excluding hydrogens is 242 g/mol. The van der Waals surface area contributed by atoms with Crippen molar-refractivity contribution in [2.75, 3.05) is 12.4 Å². The minimum absolute atomic E-state index is 0.196. The van der Waals surface area contributed by atoms with Crippen LogP contribution in [0, 0.1) is 0 Å². The lowest BCUT2D eigenvalue weighted by Gasteiger charge is -2.21. The molecule has 2 unspecified atom stereocenters. The zero-order valence-electron chi connectivity index (χ0n) is 8.75. The monoisotopic (exact) mass is 257 g/mol. The lowest BCUT2D eigenvalue weighted by molar-refractivity contribution is 0.106. The van der Waals surface area contributed by atoms with Crippen molar-refractivity contribution in [3.8, 4) is 0 Å². The van der Waals surface area contributed by atoms with E-state index in [1.165, 1.54) is 0 Å². The Kier molecular flexibility index (Phi) is 4.42. The molecule has 1 aromatic carbocycles. The molecule has 14 heavy (non-hydrogen) atoms. The highest BCUT2D eigenvalue weighted by Crippen LogP contribution is 2.22. The van der Waals surface area contributed by atoms with Crippen LogP contribution in [0.4, 0.5) is 5.69 Å². The number of hydrogen-bond acceptors (Lipinski definition) is 2. The standard InChI is InChI=1S/C11H16BrNO/c1-8(9(2)14-3)13-11-7-5-4-6-10(11)12/h4-9,13H,1-3H3. The molecule has 0 spiro atoms. The summed E-state index contributed by atoms with van der Waals surface area (Å²) in [5.41, 5.74) is 1.10. The Hall–Kier alpha value is -0.540. The van der Waals surface area contributed by atoms with E-state index in [-0.39, 0.29) is 6.10 Å². The summed E-state index contributed by atoms with van der Waals surface area (Å²) in [6, 6.07) is 8.37. The minimum Gasteiger partial charge on any atom is -0.380 e. The van der Waals surface area contributed by atoms with Crippen molar-refractivity contribution in [1.29, 1.82) is 0 Å². The summed E-state index contributed by atoms with van der Waals surface area (Å²) >= 11 is 3.49. The first-order valence-corrected chi connectivity index (χ1v) is 5.48. The summed E-state index contributed by atoms with van der Waals surface area (Å²) in [5.74, 6) is 0. The second-order valence-electron chi connectivity index (χ2n) is 3.35. The van der Waals surface area contributed by atoms with Crippen molar-refractivity contribution >= 4 is 21.6 Å². The van der Waals surface area contributed by atoms with Gasteiger partial charge < -0.3 is 10.1 Å². The third kappa shape index (κ3) is 3.00. The van der Waals surface area contributed by atoms with Crippen LogP contribution in [-0.2, 0) is 4.74 Å². The summed E-state index contributed by atoms with van der Waals surface area (Å²) in [6.07, 6.45) is 0.196. The number of rotatable bonds is 4. The molecule has 2 atom stereocenters. The van der Waals surface area contributed by atoms with E-state index in [2.05, 4.69) is 35.1 Å². The van der Waals surface area contributed by atoms with Gasteiger partial charge in [0.15, 0.2) is 0 Å². The largest absolute Gasteiger partial charge is 0.380 e. The van der Waals surface area contributed by atoms with Crippen LogP contribution in [0.25, 0.3) is 0 Å². The molecule has 0 aliphatic heterocycles. The predicted octanol–water partition coefficient (Wildman–Crippen LogP) is 3.28. The number of benzene rings is 1. The van der Waals surface area contributed by atoms with Crippen LogP contribution < -0.4 is 5.32 Å². The molecule has 78 valence electrons. The molecule has 0 heterocycles. The first-order valence-electron chi connectivity index (χ1n) is 4.69. The van der Waals surface area contributed by atoms with Crippen LogP contribution in [0.15, 0.2) is 28.7 Å². The van der Waals surface area contributed by atoms with Crippen molar-refractivity contribution in [2.24, 2.45) is 0 Å². The molecule has 1 aromatic rings. The van der Waals surface area contributed by atoms with E-state index in [9.17, 15) is 0 Å². The summed E-state index contributed by atoms with van der Waals surface area (Å²) in [6.45, 7) is 4.15. The smallest absolute Gasteiger partial charge is 0.0741 e. The van der Waals surface area contributed by atoms with E-state index in [4.69, 9.17) is 4.74 Å². The zero-order chi connectivity index (χ0) is 10.6. The summed E-state index contributed by atoms with van der Waals surface area (Å²) < 4.78 is 6.33. The number of nitrogens with one attached hydrogen (secondary N) is 1. The Balaban J connectivity index is 2.64. The van der Waals surface area contributed by atoms with Gasteiger partial charge >= 0.3 is 0 Å². The molecule has 0 saturated heterocycles. The first-order chi connectivity index (χ1) is 6.65. The van der Waals surface area contributed by atoms with Crippen molar-refractivity contribution in [2.45, 2.75) is 26.0 Å². The molecule has 0 saturated carbocycles. The molecule has 1 N–H and O–H groups in total. The van der Waals surface area contributed by atoms with Gasteiger partial charge in [-0.2, -0.15) is 0 Å². The van der Waals surface area contributed by atoms with Gasteiger partial charge in [-0.15, -0.1) is 0 Å². The molecule has 0 radical (unpaired) electrons. The lowest BCUT2D eigenvalue weighted by atomic mass is 10.2. The minimum atomic E-state index is 0.196. The van der Waals surface area contributed by atoms with Crippen LogP contribution >= 0.6 is 15.9 Å². The van der Waals surface area contributed by atoms with Gasteiger partial charge in [-0.1, -0.05) is 12.1 Å². The van der Waals surface area contributed by atoms with E-state index in [1.54, 1.807) is 7.11 Å². The van der Waals surface area contributed by atoms with Crippen LogP contribution in [0.1, 0.15) is 13.8 Å². The van der Waals surface area contributed by atoms with Gasteiger partial charge in [-0.25, -0.2) is 0 Å². The van der Waals surface area contributed by atoms with E-state index in [0.29, 0.717) is 6.04 Å². The number of methoxy groups -OCH3 is 1. The fourth-order valence-corrected chi connectivity index (χ4v) is 1.54. The number of ether oxygens (including phenoxy) is 1. The number of halogens is 1. The summed E-state index contributed by atoms with van der Waals surface area (Å²) in [5, 5.41) is 3.39. The molecule has 0 fully saturated rings. The average molecular weight is 258 g/mol. The fraction of sp³-hybridized carbons (Fsp3) is 0.455. The number of para-hydroxylation sites is 1. The molecule has 3 heteroatoms. The van der Waals surface area contributed by atoms with Gasteiger partial charge in [0, 0.05) is 23.3 Å². The quantitative estimate of drug-likeness (QED) is 0.894. The topological polar surface area (TPSA) is 21.3 Å². The highest BCUT2D eigenvalue weighted by molar-refractivity contribution is 9.10. The fourth-order valence-electron chi connectivity index (χ4n) is 1.15. The van der Waals surface area contributed by atoms with Crippen LogP contribution in [0.3, 0.4) is 0 Å². The van der Waals surface area contributed by atoms with Gasteiger partial charge in [-0.05, 0) is 41.9 Å². The maximum absolute atomic E-state index is 5.25. The third-order valence-electron chi connectivity index (χ3n) is 2.33. The van der Waals surface area contributed by atoms with Crippen molar-refractivity contribution in [1.82, 2.24) is 0 Å². The molecule has 2 nitrogen and oxygen atoms in total. The molecular formula is C11H16BrNO. The lowest BCUT2D eigenvalue weighted by Crippen LogP contribution is -2.29. The van der Waals surface area contributed by atoms with Gasteiger partial charge in [0.25, 0.3) is 0 Å². The molecule has 0 bridgehead atoms. The second-order valence-corrected chi connectivity index (χ2v) is 4.21. The van der Waals surface area contributed by atoms with E-state index in [1.807, 2.05) is 24.3 Å². The molecule has 1 rings (SSSR count). The molecule has 0 amide bonds. The highest BCUT2D eigenvalue weighted by atomic mass is 79.9. The molecule has 0 aliphatic carbocycles. The Bertz CT molecular complexity index is 290. The van der Waals surface area contributed by atoms with E-state index < -0.39 is 0 Å². The maximum atomic E-state index is 5.25. The number of hydrogen-bond donors (Lipinski definition) is 1. The Morgan fingerprint density at radius 1 is 1.29 bits per heavy atom. The first kappa shape index (κ1) is 11.5. The van der Waals surface area contributed by atoms with Crippen molar-refractivity contribution in [3.63, 3.8) is 0 Å². The summed E-state index contributed by atoms with van der Waals surface area (Å²) in [4.78, 5) is 0. The van der Waals surface area contributed by atoms with Gasteiger partial charge in [0.2, 0.25) is 0 Å². The Morgan fingerprint density at radius 2 is 1.93 bits per heavy atom. The predicted molar refractivity (Wildman–Crippen MR) is 63.7 cm³/mol. The maximum Gasteiger partial charge on any atom is 0.0741 e. The Labute approximate surface area is 93.8 Å². The van der Waals surface area contributed by atoms with Gasteiger partial charge in [-0.3, -0.25) is 0 Å². The highest BCUT2D eigenvalue weighted by Gasteiger charge is 2.11. The third-order valence-corrected chi connectivity index (χ3v) is 3.02. The van der Waals surface area contributed by atoms with Crippen LogP contribution in [-0.4, -0.2) is 19.3 Å². The normalized spacial score (nSPS) is 14.9. The number of anilines is 1. The zero-order valence-corrected chi connectivity index (χ0v) is 10.3. The SMILES string of the molecule is COC(C)C(C)Nc1ccccc1Br. The van der Waals surface area contributed by atoms with Crippen LogP contribution in [0.5, 0.6) is 0 Å². The van der Waals surface area contributed by atoms with Gasteiger partial charge in [0.1, 0.15) is 0 Å². The summed E-state index contributed by atoms with van der Waals surface area (Å²) in [7, 11) is 1.73. The second kappa shape index (κ2) is 5.37. The van der Waals surface area contributed by atoms with Crippen molar-refractivity contribution in [3.05, 3.63) is 28.7 Å². The van der Waals surface area contributed by atoms with Gasteiger partial charge in [0.05, 0.1) is 6.10 Å². The average Bonchev–Trinajstić information content (AvgIpc) is 2.20. The molecule has 0 aromatic heterocycles. The van der Waals surface area contributed by atoms with Crippen molar-refractivity contribution < 1.29 is 4.74 Å².